The van der Waals surface area contributed by atoms with Crippen molar-refractivity contribution in [3.8, 4) is 6.07 Å². The van der Waals surface area contributed by atoms with Gasteiger partial charge in [0.15, 0.2) is 0 Å². The highest BCUT2D eigenvalue weighted by Crippen LogP contribution is 2.33. The van der Waals surface area contributed by atoms with E-state index in [1.807, 2.05) is 50.2 Å². The van der Waals surface area contributed by atoms with Gasteiger partial charge in [-0.05, 0) is 36.1 Å². The summed E-state index contributed by atoms with van der Waals surface area (Å²) in [5, 5.41) is 16.6. The summed E-state index contributed by atoms with van der Waals surface area (Å²) in [6.07, 6.45) is 0. The largest absolute Gasteiger partial charge is 0.336 e. The number of nitriles is 1. The van der Waals surface area contributed by atoms with E-state index in [2.05, 4.69) is 16.7 Å². The molecule has 1 aliphatic rings. The van der Waals surface area contributed by atoms with Gasteiger partial charge in [-0.15, -0.1) is 0 Å². The molecule has 0 radical (unpaired) electrons. The molecule has 0 saturated carbocycles. The number of nitrogens with one attached hydrogen (secondary N) is 2. The van der Waals surface area contributed by atoms with E-state index in [0.717, 1.165) is 15.7 Å². The monoisotopic (exact) mass is 392 g/mol. The van der Waals surface area contributed by atoms with E-state index in [0.29, 0.717) is 5.56 Å². The molecule has 1 heterocycles. The highest BCUT2D eigenvalue weighted by Gasteiger charge is 2.50. The first kappa shape index (κ1) is 20.3. The van der Waals surface area contributed by atoms with Crippen molar-refractivity contribution in [3.05, 3.63) is 48.0 Å². The molecule has 0 aliphatic carbocycles. The van der Waals surface area contributed by atoms with Crippen molar-refractivity contribution in [1.29, 1.82) is 5.26 Å². The van der Waals surface area contributed by atoms with Crippen LogP contribution < -0.4 is 10.6 Å². The number of rotatable bonds is 5. The molecule has 2 aromatic rings. The van der Waals surface area contributed by atoms with Crippen molar-refractivity contribution in [3.63, 3.8) is 0 Å². The van der Waals surface area contributed by atoms with Crippen molar-refractivity contribution in [2.24, 2.45) is 5.92 Å². The maximum Gasteiger partial charge on any atom is 0.325 e. The molecule has 3 rings (SSSR count). The standard InChI is InChI=1S/C22H24N4O3/c1-14(2)21(3,13-23)24-18(27)12-26-19(28)22(4,25-20(26)29)17-11-7-9-15-8-5-6-10-16(15)17/h5-11,14H,12H2,1-4H3,(H,24,27)(H,25,29)/t21-,22+/m0/s1. The molecule has 2 N–H and O–H groups in total. The zero-order valence-electron chi connectivity index (χ0n) is 16.9. The zero-order valence-corrected chi connectivity index (χ0v) is 16.9. The Morgan fingerprint density at radius 2 is 1.90 bits per heavy atom. The highest BCUT2D eigenvalue weighted by molar-refractivity contribution is 6.10. The topological polar surface area (TPSA) is 102 Å². The molecular formula is C22H24N4O3. The van der Waals surface area contributed by atoms with Crippen LogP contribution in [-0.4, -0.2) is 34.8 Å². The second kappa shape index (κ2) is 7.21. The molecule has 7 nitrogen and oxygen atoms in total. The van der Waals surface area contributed by atoms with Crippen LogP contribution in [0, 0.1) is 17.2 Å². The van der Waals surface area contributed by atoms with Gasteiger partial charge in [0.2, 0.25) is 5.91 Å². The summed E-state index contributed by atoms with van der Waals surface area (Å²) in [4.78, 5) is 39.1. The first-order valence-electron chi connectivity index (χ1n) is 9.47. The normalized spacial score (nSPS) is 21.0. The highest BCUT2D eigenvalue weighted by atomic mass is 16.2. The number of nitrogens with zero attached hydrogens (tertiary/aromatic N) is 2. The summed E-state index contributed by atoms with van der Waals surface area (Å²) in [7, 11) is 0. The van der Waals surface area contributed by atoms with Gasteiger partial charge in [-0.25, -0.2) is 4.79 Å². The maximum absolute atomic E-state index is 13.2. The van der Waals surface area contributed by atoms with E-state index in [1.54, 1.807) is 19.9 Å². The lowest BCUT2D eigenvalue weighted by atomic mass is 9.87. The molecule has 4 amide bonds. The van der Waals surface area contributed by atoms with Crippen LogP contribution in [0.4, 0.5) is 4.79 Å². The van der Waals surface area contributed by atoms with Crippen LogP contribution in [0.3, 0.4) is 0 Å². The number of imide groups is 1. The molecule has 0 spiro atoms. The maximum atomic E-state index is 13.2. The third-order valence-electron chi connectivity index (χ3n) is 5.69. The summed E-state index contributed by atoms with van der Waals surface area (Å²) < 4.78 is 0. The SMILES string of the molecule is CC(C)[C@](C)(C#N)NC(=O)CN1C(=O)N[C@](C)(c2cccc3ccccc23)C1=O. The lowest BCUT2D eigenvalue weighted by molar-refractivity contribution is -0.135. The summed E-state index contributed by atoms with van der Waals surface area (Å²) in [5.41, 5.74) is -1.70. The van der Waals surface area contributed by atoms with Gasteiger partial charge in [-0.2, -0.15) is 5.26 Å². The summed E-state index contributed by atoms with van der Waals surface area (Å²) in [5.74, 6) is -1.20. The fourth-order valence-corrected chi connectivity index (χ4v) is 3.46. The van der Waals surface area contributed by atoms with E-state index in [-0.39, 0.29) is 5.92 Å². The van der Waals surface area contributed by atoms with Crippen molar-refractivity contribution in [2.45, 2.75) is 38.8 Å². The van der Waals surface area contributed by atoms with Crippen LogP contribution in [0.1, 0.15) is 33.3 Å². The molecule has 1 fully saturated rings. The van der Waals surface area contributed by atoms with Gasteiger partial charge in [0, 0.05) is 0 Å². The Bertz CT molecular complexity index is 1040. The molecule has 0 bridgehead atoms. The molecule has 0 unspecified atom stereocenters. The minimum Gasteiger partial charge on any atom is -0.336 e. The van der Waals surface area contributed by atoms with Crippen LogP contribution in [-0.2, 0) is 15.1 Å². The first-order chi connectivity index (χ1) is 13.6. The molecular weight excluding hydrogens is 368 g/mol. The number of hydrogen-bond acceptors (Lipinski definition) is 4. The number of carbonyl (C=O) groups excluding carboxylic acids is 3. The summed E-state index contributed by atoms with van der Waals surface area (Å²) >= 11 is 0. The van der Waals surface area contributed by atoms with Crippen molar-refractivity contribution in [1.82, 2.24) is 15.5 Å². The zero-order chi connectivity index (χ0) is 21.4. The molecule has 1 saturated heterocycles. The van der Waals surface area contributed by atoms with Crippen molar-refractivity contribution >= 4 is 28.6 Å². The van der Waals surface area contributed by atoms with E-state index in [1.165, 1.54) is 0 Å². The fraction of sp³-hybridized carbons (Fsp3) is 0.364. The van der Waals surface area contributed by atoms with Crippen LogP contribution in [0.15, 0.2) is 42.5 Å². The minimum absolute atomic E-state index is 0.138. The van der Waals surface area contributed by atoms with Gasteiger partial charge in [-0.3, -0.25) is 14.5 Å². The molecule has 29 heavy (non-hydrogen) atoms. The Labute approximate surface area is 169 Å². The van der Waals surface area contributed by atoms with Crippen molar-refractivity contribution in [2.75, 3.05) is 6.54 Å². The van der Waals surface area contributed by atoms with Gasteiger partial charge in [0.25, 0.3) is 5.91 Å². The number of carbonyl (C=O) groups is 3. The molecule has 2 atom stereocenters. The number of fused-ring (bicyclic) bond motifs is 1. The van der Waals surface area contributed by atoms with E-state index in [9.17, 15) is 19.6 Å². The molecule has 0 aromatic heterocycles. The Morgan fingerprint density at radius 1 is 1.24 bits per heavy atom. The van der Waals surface area contributed by atoms with Gasteiger partial charge in [0.1, 0.15) is 17.6 Å². The molecule has 2 aromatic carbocycles. The van der Waals surface area contributed by atoms with Crippen LogP contribution in [0.25, 0.3) is 10.8 Å². The quantitative estimate of drug-likeness (QED) is 0.764. The number of urea groups is 1. The first-order valence-corrected chi connectivity index (χ1v) is 9.47. The third kappa shape index (κ3) is 3.42. The van der Waals surface area contributed by atoms with Gasteiger partial charge < -0.3 is 10.6 Å². The smallest absolute Gasteiger partial charge is 0.325 e. The lowest BCUT2D eigenvalue weighted by Gasteiger charge is -2.28. The second-order valence-electron chi connectivity index (χ2n) is 7.99. The lowest BCUT2D eigenvalue weighted by Crippen LogP contribution is -2.52. The molecule has 150 valence electrons. The second-order valence-corrected chi connectivity index (χ2v) is 7.99. The minimum atomic E-state index is -1.28. The number of benzene rings is 2. The number of amides is 4. The Hall–Kier alpha value is -3.40. The average molecular weight is 392 g/mol. The fourth-order valence-electron chi connectivity index (χ4n) is 3.46. The van der Waals surface area contributed by atoms with E-state index < -0.39 is 35.5 Å². The Kier molecular flexibility index (Phi) is 5.05. The van der Waals surface area contributed by atoms with Gasteiger partial charge >= 0.3 is 6.03 Å². The Morgan fingerprint density at radius 3 is 2.55 bits per heavy atom. The third-order valence-corrected chi connectivity index (χ3v) is 5.69. The predicted octanol–water partition coefficient (Wildman–Crippen LogP) is 2.66. The summed E-state index contributed by atoms with van der Waals surface area (Å²) in [6, 6.07) is 14.6. The predicted molar refractivity (Wildman–Crippen MR) is 109 cm³/mol. The van der Waals surface area contributed by atoms with Crippen molar-refractivity contribution < 1.29 is 14.4 Å². The van der Waals surface area contributed by atoms with E-state index >= 15 is 0 Å². The summed E-state index contributed by atoms with van der Waals surface area (Å²) in [6.45, 7) is 6.43. The van der Waals surface area contributed by atoms with Gasteiger partial charge in [-0.1, -0.05) is 56.3 Å². The molecule has 1 aliphatic heterocycles. The molecule has 7 heteroatoms. The van der Waals surface area contributed by atoms with E-state index in [4.69, 9.17) is 0 Å². The van der Waals surface area contributed by atoms with Crippen LogP contribution in [0.2, 0.25) is 0 Å². The number of hydrogen-bond donors (Lipinski definition) is 2. The average Bonchev–Trinajstić information content (AvgIpc) is 2.91. The van der Waals surface area contributed by atoms with Crippen LogP contribution in [0.5, 0.6) is 0 Å². The van der Waals surface area contributed by atoms with Crippen LogP contribution >= 0.6 is 0 Å². The van der Waals surface area contributed by atoms with Gasteiger partial charge in [0.05, 0.1) is 6.07 Å². The Balaban J connectivity index is 1.88.